The Bertz CT molecular complexity index is 1560. The monoisotopic (exact) mass is 609 g/mol. The first-order valence-corrected chi connectivity index (χ1v) is 14.4. The van der Waals surface area contributed by atoms with E-state index in [1.165, 1.54) is 28.5 Å². The normalized spacial score (nSPS) is 18.0. The molecule has 2 aromatic heterocycles. The quantitative estimate of drug-likeness (QED) is 0.0986. The Morgan fingerprint density at radius 2 is 1.93 bits per heavy atom. The van der Waals surface area contributed by atoms with E-state index in [1.807, 2.05) is 31.2 Å². The van der Waals surface area contributed by atoms with Crippen LogP contribution in [0.1, 0.15) is 45.9 Å². The fraction of sp³-hybridized carbons (Fsp3) is 0.345. The molecular weight excluding hydrogens is 577 g/mol. The minimum Gasteiger partial charge on any atom is -0.384 e. The number of amides is 3. The summed E-state index contributed by atoms with van der Waals surface area (Å²) in [6.07, 6.45) is 1.44. The predicted molar refractivity (Wildman–Crippen MR) is 156 cm³/mol. The van der Waals surface area contributed by atoms with Gasteiger partial charge in [0.1, 0.15) is 11.9 Å². The molecule has 4 heterocycles. The number of likely N-dealkylation sites (tertiary alicyclic amines) is 1. The van der Waals surface area contributed by atoms with Crippen LogP contribution in [0.4, 0.5) is 4.39 Å². The number of nitrogens with zero attached hydrogens (tertiary/aromatic N) is 3. The van der Waals surface area contributed by atoms with Crippen LogP contribution in [0.15, 0.2) is 48.0 Å². The molecule has 5 rings (SSSR count). The highest BCUT2D eigenvalue weighted by molar-refractivity contribution is 7.10. The second kappa shape index (κ2) is 12.2. The molecule has 0 unspecified atom stereocenters. The zero-order valence-electron chi connectivity index (χ0n) is 23.6. The van der Waals surface area contributed by atoms with Gasteiger partial charge in [0.2, 0.25) is 5.91 Å². The largest absolute Gasteiger partial charge is 0.384 e. The van der Waals surface area contributed by atoms with Crippen LogP contribution in [0.5, 0.6) is 0 Å². The molecule has 0 bridgehead atoms. The molecule has 3 aromatic rings. The van der Waals surface area contributed by atoms with Gasteiger partial charge in [-0.05, 0) is 31.5 Å². The van der Waals surface area contributed by atoms with E-state index >= 15 is 0 Å². The standard InChI is InChI=1S/C29H32FN7O5S/c1-16-3-5-18(6-4-16)19-9-21(30)25(34-12-19)27(39)35-13-24(38)36-15-29(41-7-8-42-29)11-22(36)28(40)37(33)17(2)23-10-20(14-43-23)26(31)32/h3-6,9-10,12,14,17,22H,7-8,11,13,15,33H2,1-2H3,(H3,31,32)(H,35,39)/t17-,22+/m1/s1. The highest BCUT2D eigenvalue weighted by atomic mass is 32.1. The Morgan fingerprint density at radius 1 is 1.23 bits per heavy atom. The molecule has 6 N–H and O–H groups in total. The van der Waals surface area contributed by atoms with E-state index in [0.29, 0.717) is 29.2 Å². The molecule has 226 valence electrons. The smallest absolute Gasteiger partial charge is 0.273 e. The van der Waals surface area contributed by atoms with Crippen molar-refractivity contribution in [2.24, 2.45) is 11.6 Å². The highest BCUT2D eigenvalue weighted by Crippen LogP contribution is 2.36. The van der Waals surface area contributed by atoms with Crippen molar-refractivity contribution in [3.63, 3.8) is 0 Å². The van der Waals surface area contributed by atoms with Crippen LogP contribution in [0, 0.1) is 18.2 Å². The summed E-state index contributed by atoms with van der Waals surface area (Å²) < 4.78 is 26.4. The minimum absolute atomic E-state index is 0.0474. The first-order chi connectivity index (χ1) is 20.5. The van der Waals surface area contributed by atoms with E-state index in [9.17, 15) is 18.8 Å². The second-order valence-corrected chi connectivity index (χ2v) is 11.5. The molecule has 2 aliphatic heterocycles. The van der Waals surface area contributed by atoms with Crippen molar-refractivity contribution in [2.45, 2.75) is 38.1 Å². The van der Waals surface area contributed by atoms with Gasteiger partial charge in [0.05, 0.1) is 32.3 Å². The number of ether oxygens (including phenoxy) is 2. The van der Waals surface area contributed by atoms with Crippen molar-refractivity contribution in [1.82, 2.24) is 20.2 Å². The summed E-state index contributed by atoms with van der Waals surface area (Å²) >= 11 is 1.30. The predicted octanol–water partition coefficient (Wildman–Crippen LogP) is 2.08. The molecule has 1 aromatic carbocycles. The summed E-state index contributed by atoms with van der Waals surface area (Å²) in [4.78, 5) is 45.7. The summed E-state index contributed by atoms with van der Waals surface area (Å²) in [5.74, 6) is 2.11. The van der Waals surface area contributed by atoms with Gasteiger partial charge >= 0.3 is 0 Å². The lowest BCUT2D eigenvalue weighted by molar-refractivity contribution is -0.152. The number of aromatic nitrogens is 1. The molecule has 2 fully saturated rings. The number of hydrazine groups is 1. The first kappa shape index (κ1) is 30.2. The van der Waals surface area contributed by atoms with Gasteiger partial charge in [-0.2, -0.15) is 0 Å². The van der Waals surface area contributed by atoms with Gasteiger partial charge in [-0.15, -0.1) is 11.3 Å². The van der Waals surface area contributed by atoms with Crippen molar-refractivity contribution in [3.05, 3.63) is 75.5 Å². The molecule has 12 nitrogen and oxygen atoms in total. The van der Waals surface area contributed by atoms with Crippen LogP contribution in [0.25, 0.3) is 11.1 Å². The SMILES string of the molecule is Cc1ccc(-c2cnc(C(=O)NCC(=O)N3CC4(C[C@H]3C(=O)N(N)[C@H](C)c3cc(C(=N)N)cs3)OCCO4)c(F)c2)cc1. The maximum Gasteiger partial charge on any atom is 0.273 e. The van der Waals surface area contributed by atoms with Crippen LogP contribution in [0.3, 0.4) is 0 Å². The number of rotatable bonds is 8. The van der Waals surface area contributed by atoms with Crippen molar-refractivity contribution >= 4 is 34.9 Å². The lowest BCUT2D eigenvalue weighted by Crippen LogP contribution is -2.52. The maximum atomic E-state index is 14.9. The molecule has 3 amide bonds. The fourth-order valence-electron chi connectivity index (χ4n) is 5.09. The van der Waals surface area contributed by atoms with E-state index in [4.69, 9.17) is 26.5 Å². The molecule has 2 saturated heterocycles. The molecule has 0 radical (unpaired) electrons. The Hall–Kier alpha value is -4.24. The number of pyridine rings is 1. The van der Waals surface area contributed by atoms with E-state index in [-0.39, 0.29) is 18.8 Å². The lowest BCUT2D eigenvalue weighted by atomic mass is 10.1. The number of amidine groups is 1. The summed E-state index contributed by atoms with van der Waals surface area (Å²) in [5.41, 5.74) is 7.92. The van der Waals surface area contributed by atoms with Crippen LogP contribution in [0.2, 0.25) is 0 Å². The summed E-state index contributed by atoms with van der Waals surface area (Å²) in [7, 11) is 0. The summed E-state index contributed by atoms with van der Waals surface area (Å²) in [6, 6.07) is 8.71. The third-order valence-electron chi connectivity index (χ3n) is 7.57. The van der Waals surface area contributed by atoms with Gasteiger partial charge in [-0.25, -0.2) is 15.2 Å². The van der Waals surface area contributed by atoms with E-state index in [1.54, 1.807) is 18.4 Å². The minimum atomic E-state index is -1.17. The number of halogens is 1. The zero-order valence-corrected chi connectivity index (χ0v) is 24.4. The van der Waals surface area contributed by atoms with Crippen molar-refractivity contribution in [2.75, 3.05) is 26.3 Å². The average Bonchev–Trinajstić information content (AvgIpc) is 3.76. The number of hydrogen-bond donors (Lipinski definition) is 4. The molecule has 14 heteroatoms. The van der Waals surface area contributed by atoms with E-state index in [0.717, 1.165) is 16.1 Å². The van der Waals surface area contributed by atoms with Gasteiger partial charge < -0.3 is 25.4 Å². The summed E-state index contributed by atoms with van der Waals surface area (Å²) in [6.45, 7) is 3.69. The second-order valence-electron chi connectivity index (χ2n) is 10.5. The van der Waals surface area contributed by atoms with E-state index < -0.39 is 53.6 Å². The average molecular weight is 610 g/mol. The third-order valence-corrected chi connectivity index (χ3v) is 8.67. The number of carbonyl (C=O) groups excluding carboxylic acids is 3. The molecular formula is C29H32FN7O5S. The van der Waals surface area contributed by atoms with Gasteiger partial charge in [0.15, 0.2) is 17.3 Å². The molecule has 1 spiro atoms. The highest BCUT2D eigenvalue weighted by Gasteiger charge is 2.53. The number of benzene rings is 1. The number of thiophene rings is 1. The number of nitrogens with one attached hydrogen (secondary N) is 2. The van der Waals surface area contributed by atoms with Gasteiger partial charge in [0, 0.05) is 34.0 Å². The van der Waals surface area contributed by atoms with Crippen LogP contribution in [-0.2, 0) is 19.1 Å². The van der Waals surface area contributed by atoms with Crippen molar-refractivity contribution < 1.29 is 28.2 Å². The number of nitrogens with two attached hydrogens (primary N) is 2. The molecule has 2 atom stereocenters. The lowest BCUT2D eigenvalue weighted by Gasteiger charge is -2.30. The van der Waals surface area contributed by atoms with Gasteiger partial charge in [0.25, 0.3) is 11.8 Å². The van der Waals surface area contributed by atoms with Crippen LogP contribution < -0.4 is 16.9 Å². The van der Waals surface area contributed by atoms with Crippen LogP contribution >= 0.6 is 11.3 Å². The van der Waals surface area contributed by atoms with Crippen molar-refractivity contribution in [1.29, 1.82) is 5.41 Å². The molecule has 43 heavy (non-hydrogen) atoms. The topological polar surface area (TPSA) is 177 Å². The zero-order chi connectivity index (χ0) is 30.9. The van der Waals surface area contributed by atoms with Crippen LogP contribution in [-0.4, -0.2) is 76.6 Å². The Morgan fingerprint density at radius 3 is 2.56 bits per heavy atom. The Balaban J connectivity index is 1.27. The number of carbonyl (C=O) groups is 3. The summed E-state index contributed by atoms with van der Waals surface area (Å²) in [5, 5.41) is 12.8. The molecule has 0 aliphatic carbocycles. The number of aryl methyl sites for hydroxylation is 1. The van der Waals surface area contributed by atoms with Crippen molar-refractivity contribution in [3.8, 4) is 11.1 Å². The number of nitrogen functional groups attached to an aromatic ring is 1. The Labute approximate surface area is 251 Å². The Kier molecular flexibility index (Phi) is 8.55. The fourth-order valence-corrected chi connectivity index (χ4v) is 6.05. The van der Waals surface area contributed by atoms with Gasteiger partial charge in [-0.3, -0.25) is 24.8 Å². The molecule has 2 aliphatic rings. The van der Waals surface area contributed by atoms with Gasteiger partial charge in [-0.1, -0.05) is 29.8 Å². The third kappa shape index (κ3) is 6.27. The molecule has 0 saturated carbocycles. The first-order valence-electron chi connectivity index (χ1n) is 13.6. The maximum absolute atomic E-state index is 14.9. The number of hydrogen-bond acceptors (Lipinski definition) is 9. The van der Waals surface area contributed by atoms with E-state index in [2.05, 4.69) is 10.3 Å².